The number of para-hydroxylation sites is 1. The van der Waals surface area contributed by atoms with Crippen LogP contribution in [-0.2, 0) is 9.53 Å². The highest BCUT2D eigenvalue weighted by molar-refractivity contribution is 6.31. The van der Waals surface area contributed by atoms with Crippen molar-refractivity contribution in [2.24, 2.45) is 4.99 Å². The zero-order valence-electron chi connectivity index (χ0n) is 14.0. The van der Waals surface area contributed by atoms with E-state index in [-0.39, 0.29) is 41.0 Å². The number of hydrogen-bond donors (Lipinski definition) is 0. The Morgan fingerprint density at radius 1 is 1.33 bits per heavy atom. The van der Waals surface area contributed by atoms with E-state index in [0.717, 1.165) is 0 Å². The summed E-state index contributed by atoms with van der Waals surface area (Å²) in [6, 6.07) is 7.61. The van der Waals surface area contributed by atoms with Gasteiger partial charge >= 0.3 is 12.6 Å². The van der Waals surface area contributed by atoms with Crippen LogP contribution >= 0.6 is 11.6 Å². The van der Waals surface area contributed by atoms with E-state index in [9.17, 15) is 13.6 Å². The molecule has 1 aliphatic heterocycles. The number of ether oxygens (including phenoxy) is 3. The lowest BCUT2D eigenvalue weighted by Gasteiger charge is -2.13. The first-order valence-corrected chi connectivity index (χ1v) is 8.21. The molecule has 6 nitrogen and oxygen atoms in total. The molecule has 0 spiro atoms. The van der Waals surface area contributed by atoms with E-state index in [0.29, 0.717) is 5.02 Å². The highest BCUT2D eigenvalue weighted by Crippen LogP contribution is 2.35. The van der Waals surface area contributed by atoms with Gasteiger partial charge in [-0.25, -0.2) is 9.79 Å². The van der Waals surface area contributed by atoms with E-state index in [1.807, 2.05) is 0 Å². The van der Waals surface area contributed by atoms with Gasteiger partial charge in [-0.1, -0.05) is 23.7 Å². The molecule has 0 N–H and O–H groups in total. The van der Waals surface area contributed by atoms with Crippen molar-refractivity contribution in [2.75, 3.05) is 6.61 Å². The smallest absolute Gasteiger partial charge is 0.387 e. The minimum absolute atomic E-state index is 0.0361. The molecule has 27 heavy (non-hydrogen) atoms. The molecular weight excluding hydrogens is 382 g/mol. The van der Waals surface area contributed by atoms with E-state index >= 15 is 0 Å². The summed E-state index contributed by atoms with van der Waals surface area (Å²) in [5.74, 6) is -0.860. The quantitative estimate of drug-likeness (QED) is 0.545. The number of nitrogens with zero attached hydrogens (tertiary/aromatic N) is 2. The number of pyridine rings is 1. The van der Waals surface area contributed by atoms with Crippen LogP contribution in [0.25, 0.3) is 6.08 Å². The Labute approximate surface area is 158 Å². The van der Waals surface area contributed by atoms with Gasteiger partial charge in [0.25, 0.3) is 0 Å². The Kier molecular flexibility index (Phi) is 5.66. The molecule has 2 heterocycles. The van der Waals surface area contributed by atoms with Crippen molar-refractivity contribution in [1.82, 2.24) is 4.98 Å². The summed E-state index contributed by atoms with van der Waals surface area (Å²) >= 11 is 5.89. The van der Waals surface area contributed by atoms with Crippen molar-refractivity contribution in [2.45, 2.75) is 13.5 Å². The zero-order valence-corrected chi connectivity index (χ0v) is 14.7. The first-order chi connectivity index (χ1) is 13.0. The summed E-state index contributed by atoms with van der Waals surface area (Å²) in [6.07, 6.45) is 2.72. The third-order valence-corrected chi connectivity index (χ3v) is 3.61. The summed E-state index contributed by atoms with van der Waals surface area (Å²) < 4.78 is 40.6. The molecule has 0 atom stereocenters. The maximum Gasteiger partial charge on any atom is 0.387 e. The lowest BCUT2D eigenvalue weighted by molar-refractivity contribution is -0.129. The molecule has 2 aromatic rings. The maximum atomic E-state index is 12.8. The lowest BCUT2D eigenvalue weighted by atomic mass is 10.1. The second-order valence-electron chi connectivity index (χ2n) is 5.18. The van der Waals surface area contributed by atoms with Crippen molar-refractivity contribution in [3.63, 3.8) is 0 Å². The van der Waals surface area contributed by atoms with Crippen LogP contribution in [0.2, 0.25) is 5.02 Å². The molecular formula is C18H13ClF2N2O4. The highest BCUT2D eigenvalue weighted by Gasteiger charge is 2.26. The number of alkyl halides is 2. The van der Waals surface area contributed by atoms with Gasteiger partial charge in [0.15, 0.2) is 17.2 Å². The Morgan fingerprint density at radius 3 is 2.85 bits per heavy atom. The van der Waals surface area contributed by atoms with Crippen LogP contribution < -0.4 is 9.47 Å². The first kappa shape index (κ1) is 18.8. The summed E-state index contributed by atoms with van der Waals surface area (Å²) in [5, 5.41) is 0.396. The number of cyclic esters (lactones) is 1. The van der Waals surface area contributed by atoms with Crippen molar-refractivity contribution in [3.8, 4) is 11.5 Å². The third kappa shape index (κ3) is 4.40. The number of halogens is 3. The highest BCUT2D eigenvalue weighted by atomic mass is 35.5. The number of benzene rings is 1. The van der Waals surface area contributed by atoms with E-state index in [4.69, 9.17) is 21.1 Å². The second kappa shape index (κ2) is 8.13. The number of esters is 1. The molecule has 0 fully saturated rings. The number of carbonyl (C=O) groups excluding carboxylic acids is 1. The van der Waals surface area contributed by atoms with E-state index < -0.39 is 12.6 Å². The Balaban J connectivity index is 2.00. The van der Waals surface area contributed by atoms with Gasteiger partial charge in [-0.05, 0) is 31.2 Å². The zero-order chi connectivity index (χ0) is 19.4. The summed E-state index contributed by atoms with van der Waals surface area (Å²) in [4.78, 5) is 20.2. The monoisotopic (exact) mass is 394 g/mol. The molecule has 0 radical (unpaired) electrons. The molecule has 9 heteroatoms. The molecule has 0 saturated heterocycles. The molecule has 3 rings (SSSR count). The molecule has 1 aromatic carbocycles. The van der Waals surface area contributed by atoms with Crippen molar-refractivity contribution in [1.29, 1.82) is 0 Å². The van der Waals surface area contributed by atoms with E-state index in [1.165, 1.54) is 30.5 Å². The topological polar surface area (TPSA) is 70.0 Å². The van der Waals surface area contributed by atoms with Crippen LogP contribution in [-0.4, -0.2) is 30.1 Å². The fourth-order valence-electron chi connectivity index (χ4n) is 2.32. The van der Waals surface area contributed by atoms with Crippen molar-refractivity contribution < 1.29 is 27.8 Å². The first-order valence-electron chi connectivity index (χ1n) is 7.83. The third-order valence-electron chi connectivity index (χ3n) is 3.37. The number of aromatic nitrogens is 1. The molecule has 1 aromatic heterocycles. The van der Waals surface area contributed by atoms with Crippen LogP contribution in [0.15, 0.2) is 47.2 Å². The molecule has 140 valence electrons. The predicted octanol–water partition coefficient (Wildman–Crippen LogP) is 4.08. The van der Waals surface area contributed by atoms with Gasteiger partial charge in [-0.3, -0.25) is 4.98 Å². The Hall–Kier alpha value is -3.00. The summed E-state index contributed by atoms with van der Waals surface area (Å²) in [6.45, 7) is -1.10. The second-order valence-corrected chi connectivity index (χ2v) is 5.62. The van der Waals surface area contributed by atoms with Crippen molar-refractivity contribution >= 4 is 29.5 Å². The van der Waals surface area contributed by atoms with Gasteiger partial charge in [0, 0.05) is 16.8 Å². The van der Waals surface area contributed by atoms with Crippen LogP contribution in [0.1, 0.15) is 18.2 Å². The van der Waals surface area contributed by atoms with Crippen molar-refractivity contribution in [3.05, 3.63) is 58.5 Å². The van der Waals surface area contributed by atoms with E-state index in [1.54, 1.807) is 19.1 Å². The predicted molar refractivity (Wildman–Crippen MR) is 94.1 cm³/mol. The standard InChI is InChI=1S/C18H13ClF2N2O4/c1-2-25-14-5-3-4-10(15(14)26-18(20)21)8-13-17(24)27-16(23-13)12-9-11(19)6-7-22-12/h3-9,18H,2H2,1H3/b13-8-. The average Bonchev–Trinajstić information content (AvgIpc) is 2.98. The molecule has 0 unspecified atom stereocenters. The molecule has 0 bridgehead atoms. The van der Waals surface area contributed by atoms with Gasteiger partial charge in [0.05, 0.1) is 6.61 Å². The van der Waals surface area contributed by atoms with E-state index in [2.05, 4.69) is 14.7 Å². The molecule has 1 aliphatic rings. The van der Waals surface area contributed by atoms with Crippen LogP contribution in [0, 0.1) is 0 Å². The van der Waals surface area contributed by atoms with Gasteiger partial charge in [0.1, 0.15) is 5.69 Å². The van der Waals surface area contributed by atoms with Crippen LogP contribution in [0.4, 0.5) is 8.78 Å². The minimum atomic E-state index is -3.06. The molecule has 0 amide bonds. The Bertz CT molecular complexity index is 931. The van der Waals surface area contributed by atoms with Crippen LogP contribution in [0.5, 0.6) is 11.5 Å². The minimum Gasteiger partial charge on any atom is -0.490 e. The van der Waals surface area contributed by atoms with Gasteiger partial charge in [-0.2, -0.15) is 8.78 Å². The average molecular weight is 395 g/mol. The Morgan fingerprint density at radius 2 is 2.15 bits per heavy atom. The van der Waals surface area contributed by atoms with Gasteiger partial charge < -0.3 is 14.2 Å². The lowest BCUT2D eigenvalue weighted by Crippen LogP contribution is -2.07. The number of hydrogen-bond acceptors (Lipinski definition) is 6. The number of aliphatic imine (C=N–C) groups is 1. The molecule has 0 aliphatic carbocycles. The summed E-state index contributed by atoms with van der Waals surface area (Å²) in [7, 11) is 0. The molecule has 0 saturated carbocycles. The van der Waals surface area contributed by atoms with Gasteiger partial charge in [0.2, 0.25) is 5.90 Å². The fourth-order valence-corrected chi connectivity index (χ4v) is 2.48. The van der Waals surface area contributed by atoms with Gasteiger partial charge in [-0.15, -0.1) is 0 Å². The number of carbonyl (C=O) groups is 1. The van der Waals surface area contributed by atoms with Crippen LogP contribution in [0.3, 0.4) is 0 Å². The maximum absolute atomic E-state index is 12.8. The fraction of sp³-hybridized carbons (Fsp3) is 0.167. The normalized spacial score (nSPS) is 15.1. The largest absolute Gasteiger partial charge is 0.490 e. The number of rotatable bonds is 6. The summed E-state index contributed by atoms with van der Waals surface area (Å²) in [5.41, 5.74) is 0.364. The SMILES string of the molecule is CCOc1cccc(/C=C2\N=C(c3cc(Cl)ccn3)OC2=O)c1OC(F)F.